The van der Waals surface area contributed by atoms with Gasteiger partial charge in [0.25, 0.3) is 11.1 Å². The van der Waals surface area contributed by atoms with Crippen LogP contribution in [0.5, 0.6) is 23.0 Å². The number of rotatable bonds is 8. The molecule has 0 atom stereocenters. The lowest BCUT2D eigenvalue weighted by Gasteiger charge is -2.19. The van der Waals surface area contributed by atoms with E-state index in [1.165, 1.54) is 25.3 Å². The quantitative estimate of drug-likeness (QED) is 0.321. The van der Waals surface area contributed by atoms with E-state index < -0.39 is 23.6 Å². The lowest BCUT2D eigenvalue weighted by atomic mass is 10.1. The van der Waals surface area contributed by atoms with Crippen LogP contribution in [-0.4, -0.2) is 48.8 Å². The number of amides is 3. The number of carbonyl (C=O) groups excluding carboxylic acids is 3. The molecule has 0 aliphatic carbocycles. The van der Waals surface area contributed by atoms with Crippen LogP contribution in [0.4, 0.5) is 14.9 Å². The van der Waals surface area contributed by atoms with Crippen LogP contribution >= 0.6 is 27.7 Å². The number of hydrogen-bond acceptors (Lipinski definition) is 8. The Morgan fingerprint density at radius 1 is 1.12 bits per heavy atom. The number of nitrogens with one attached hydrogen (secondary N) is 1. The number of thioether (sulfide) groups is 1. The molecular formula is C28H22BrFN2O7S. The highest BCUT2D eigenvalue weighted by atomic mass is 79.9. The lowest BCUT2D eigenvalue weighted by Crippen LogP contribution is -2.36. The molecule has 2 heterocycles. The summed E-state index contributed by atoms with van der Waals surface area (Å²) in [7, 11) is 1.47. The fraction of sp³-hybridized carbons (Fsp3) is 0.179. The maximum Gasteiger partial charge on any atom is 0.294 e. The zero-order chi connectivity index (χ0) is 28.2. The molecule has 0 aromatic heterocycles. The number of nitrogens with zero attached hydrogens (tertiary/aromatic N) is 1. The standard InChI is InChI=1S/C28H22BrFN2O7S/c1-36-23-11-17(10-20(29)26(23)39-15-16-3-2-4-18(30)9-16)12-24-27(34)32(28(35)40-24)14-25(33)31-19-5-6-21-22(13-19)38-8-7-37-21/h2-6,9-13H,7-8,14-15H2,1H3,(H,31,33)/b24-12+. The van der Waals surface area contributed by atoms with E-state index in [0.29, 0.717) is 57.5 Å². The summed E-state index contributed by atoms with van der Waals surface area (Å²) < 4.78 is 36.3. The maximum atomic E-state index is 13.5. The monoisotopic (exact) mass is 628 g/mol. The number of ether oxygens (including phenoxy) is 4. The van der Waals surface area contributed by atoms with Crippen molar-refractivity contribution in [1.29, 1.82) is 0 Å². The fourth-order valence-corrected chi connectivity index (χ4v) is 5.41. The molecule has 0 unspecified atom stereocenters. The number of fused-ring (bicyclic) bond motifs is 1. The second-order valence-electron chi connectivity index (χ2n) is 8.63. The minimum atomic E-state index is -0.589. The average molecular weight is 629 g/mol. The Kier molecular flexibility index (Phi) is 8.27. The van der Waals surface area contributed by atoms with Crippen LogP contribution in [0.2, 0.25) is 0 Å². The number of benzene rings is 3. The minimum absolute atomic E-state index is 0.110. The van der Waals surface area contributed by atoms with Crippen molar-refractivity contribution < 1.29 is 37.7 Å². The lowest BCUT2D eigenvalue weighted by molar-refractivity contribution is -0.127. The molecule has 0 radical (unpaired) electrons. The van der Waals surface area contributed by atoms with Gasteiger partial charge in [-0.05, 0) is 81.3 Å². The van der Waals surface area contributed by atoms with Crippen molar-refractivity contribution in [2.24, 2.45) is 0 Å². The second-order valence-corrected chi connectivity index (χ2v) is 10.5. The van der Waals surface area contributed by atoms with E-state index in [-0.39, 0.29) is 17.3 Å². The number of imide groups is 1. The van der Waals surface area contributed by atoms with Crippen LogP contribution in [-0.2, 0) is 16.2 Å². The molecule has 12 heteroatoms. The first-order chi connectivity index (χ1) is 19.3. The highest BCUT2D eigenvalue weighted by Crippen LogP contribution is 2.39. The minimum Gasteiger partial charge on any atom is -0.493 e. The predicted molar refractivity (Wildman–Crippen MR) is 150 cm³/mol. The third kappa shape index (κ3) is 6.23. The third-order valence-electron chi connectivity index (χ3n) is 5.82. The maximum absolute atomic E-state index is 13.5. The average Bonchev–Trinajstić information content (AvgIpc) is 3.19. The summed E-state index contributed by atoms with van der Waals surface area (Å²) in [5, 5.41) is 2.11. The summed E-state index contributed by atoms with van der Waals surface area (Å²) in [6.45, 7) is 0.514. The smallest absolute Gasteiger partial charge is 0.294 e. The van der Waals surface area contributed by atoms with Crippen molar-refractivity contribution in [3.63, 3.8) is 0 Å². The molecule has 1 N–H and O–H groups in total. The summed E-state index contributed by atoms with van der Waals surface area (Å²) in [4.78, 5) is 39.2. The van der Waals surface area contributed by atoms with Crippen molar-refractivity contribution in [2.45, 2.75) is 6.61 Å². The Morgan fingerprint density at radius 2 is 1.93 bits per heavy atom. The molecule has 3 amide bonds. The number of anilines is 1. The van der Waals surface area contributed by atoms with Crippen LogP contribution in [0, 0.1) is 5.82 Å². The Hall–Kier alpha value is -4.03. The van der Waals surface area contributed by atoms with Gasteiger partial charge in [-0.2, -0.15) is 0 Å². The topological polar surface area (TPSA) is 103 Å². The molecule has 40 heavy (non-hydrogen) atoms. The predicted octanol–water partition coefficient (Wildman–Crippen LogP) is 5.62. The summed E-state index contributed by atoms with van der Waals surface area (Å²) in [6.07, 6.45) is 1.53. The zero-order valence-electron chi connectivity index (χ0n) is 21.1. The molecule has 3 aromatic rings. The summed E-state index contributed by atoms with van der Waals surface area (Å²) in [5.41, 5.74) is 1.66. The molecule has 1 fully saturated rings. The van der Waals surface area contributed by atoms with Crippen molar-refractivity contribution in [1.82, 2.24) is 4.90 Å². The number of hydrogen-bond donors (Lipinski definition) is 1. The van der Waals surface area contributed by atoms with E-state index in [4.69, 9.17) is 18.9 Å². The van der Waals surface area contributed by atoms with Gasteiger partial charge in [-0.3, -0.25) is 19.3 Å². The molecule has 0 bridgehead atoms. The zero-order valence-corrected chi connectivity index (χ0v) is 23.5. The van der Waals surface area contributed by atoms with Gasteiger partial charge in [0.05, 0.1) is 16.5 Å². The van der Waals surface area contributed by atoms with E-state index in [1.54, 1.807) is 42.5 Å². The Labute approximate surface area is 241 Å². The molecule has 2 aliphatic heterocycles. The fourth-order valence-electron chi connectivity index (χ4n) is 4.00. The molecule has 9 nitrogen and oxygen atoms in total. The van der Waals surface area contributed by atoms with Gasteiger partial charge in [0.1, 0.15) is 32.2 Å². The molecule has 0 spiro atoms. The number of carbonyl (C=O) groups is 3. The SMILES string of the molecule is COc1cc(/C=C2/SC(=O)N(CC(=O)Nc3ccc4c(c3)OCCO4)C2=O)cc(Br)c1OCc1cccc(F)c1. The highest BCUT2D eigenvalue weighted by molar-refractivity contribution is 9.10. The molecular weight excluding hydrogens is 607 g/mol. The first kappa shape index (κ1) is 27.5. The van der Waals surface area contributed by atoms with E-state index in [9.17, 15) is 18.8 Å². The van der Waals surface area contributed by atoms with Crippen molar-refractivity contribution in [3.8, 4) is 23.0 Å². The van der Waals surface area contributed by atoms with Crippen LogP contribution in [0.3, 0.4) is 0 Å². The number of halogens is 2. The first-order valence-corrected chi connectivity index (χ1v) is 13.6. The van der Waals surface area contributed by atoms with Crippen LogP contribution < -0.4 is 24.3 Å². The highest BCUT2D eigenvalue weighted by Gasteiger charge is 2.36. The van der Waals surface area contributed by atoms with Crippen LogP contribution in [0.1, 0.15) is 11.1 Å². The van der Waals surface area contributed by atoms with Crippen LogP contribution in [0.25, 0.3) is 6.08 Å². The van der Waals surface area contributed by atoms with Gasteiger partial charge in [0, 0.05) is 11.8 Å². The number of methoxy groups -OCH3 is 1. The Balaban J connectivity index is 1.26. The molecule has 2 aliphatic rings. The molecule has 1 saturated heterocycles. The van der Waals surface area contributed by atoms with Gasteiger partial charge in [0.2, 0.25) is 5.91 Å². The van der Waals surface area contributed by atoms with Crippen molar-refractivity contribution >= 4 is 56.5 Å². The summed E-state index contributed by atoms with van der Waals surface area (Å²) >= 11 is 4.19. The van der Waals surface area contributed by atoms with E-state index in [0.717, 1.165) is 16.7 Å². The van der Waals surface area contributed by atoms with Gasteiger partial charge in [-0.25, -0.2) is 4.39 Å². The first-order valence-electron chi connectivity index (χ1n) is 12.0. The molecule has 206 valence electrons. The van der Waals surface area contributed by atoms with Gasteiger partial charge in [-0.1, -0.05) is 12.1 Å². The summed E-state index contributed by atoms with van der Waals surface area (Å²) in [6, 6.07) is 14.4. The van der Waals surface area contributed by atoms with E-state index in [1.807, 2.05) is 0 Å². The Morgan fingerprint density at radius 3 is 2.70 bits per heavy atom. The summed E-state index contributed by atoms with van der Waals surface area (Å²) in [5.74, 6) is 0.360. The largest absolute Gasteiger partial charge is 0.493 e. The van der Waals surface area contributed by atoms with Crippen LogP contribution in [0.15, 0.2) is 64.0 Å². The van der Waals surface area contributed by atoms with Gasteiger partial charge in [-0.15, -0.1) is 0 Å². The van der Waals surface area contributed by atoms with Gasteiger partial charge in [0.15, 0.2) is 23.0 Å². The van der Waals surface area contributed by atoms with Crippen molar-refractivity contribution in [3.05, 3.63) is 80.9 Å². The normalized spacial score (nSPS) is 15.4. The van der Waals surface area contributed by atoms with Crippen molar-refractivity contribution in [2.75, 3.05) is 32.2 Å². The third-order valence-corrected chi connectivity index (χ3v) is 7.32. The molecule has 5 rings (SSSR count). The van der Waals surface area contributed by atoms with Gasteiger partial charge < -0.3 is 24.3 Å². The van der Waals surface area contributed by atoms with E-state index in [2.05, 4.69) is 21.2 Å². The van der Waals surface area contributed by atoms with Gasteiger partial charge >= 0.3 is 0 Å². The Bertz CT molecular complexity index is 1530. The molecule has 0 saturated carbocycles. The van der Waals surface area contributed by atoms with E-state index >= 15 is 0 Å². The second kappa shape index (κ2) is 12.0. The molecule has 3 aromatic carbocycles.